The van der Waals surface area contributed by atoms with Gasteiger partial charge in [0.2, 0.25) is 5.91 Å². The van der Waals surface area contributed by atoms with E-state index in [0.29, 0.717) is 0 Å². The molecule has 22 heavy (non-hydrogen) atoms. The first-order valence-corrected chi connectivity index (χ1v) is 7.51. The van der Waals surface area contributed by atoms with Crippen molar-refractivity contribution in [3.05, 3.63) is 30.1 Å². The molecule has 6 nitrogen and oxygen atoms in total. The number of aromatic nitrogens is 2. The van der Waals surface area contributed by atoms with Gasteiger partial charge in [0, 0.05) is 20.2 Å². The zero-order chi connectivity index (χ0) is 15.7. The number of para-hydroxylation sites is 2. The first-order chi connectivity index (χ1) is 10.6. The number of benzene rings is 1. The molecule has 1 aromatic heterocycles. The normalized spacial score (nSPS) is 22.3. The maximum Gasteiger partial charge on any atom is 0.240 e. The van der Waals surface area contributed by atoms with Crippen molar-refractivity contribution in [3.8, 4) is 0 Å². The van der Waals surface area contributed by atoms with E-state index in [0.717, 1.165) is 29.9 Å². The Labute approximate surface area is 130 Å². The second-order valence-electron chi connectivity index (χ2n) is 5.90. The lowest BCUT2D eigenvalue weighted by atomic mass is 10.2. The van der Waals surface area contributed by atoms with Gasteiger partial charge in [-0.3, -0.25) is 4.79 Å². The summed E-state index contributed by atoms with van der Waals surface area (Å²) in [6.07, 6.45) is 0.0505. The summed E-state index contributed by atoms with van der Waals surface area (Å²) < 4.78 is 7.40. The summed E-state index contributed by atoms with van der Waals surface area (Å²) in [6, 6.07) is 7.91. The van der Waals surface area contributed by atoms with Crippen molar-refractivity contribution in [1.82, 2.24) is 19.8 Å². The molecule has 0 bridgehead atoms. The van der Waals surface area contributed by atoms with Gasteiger partial charge >= 0.3 is 0 Å². The van der Waals surface area contributed by atoms with E-state index in [-0.39, 0.29) is 24.6 Å². The minimum atomic E-state index is -0.00592. The van der Waals surface area contributed by atoms with Crippen molar-refractivity contribution in [2.24, 2.45) is 0 Å². The molecule has 2 heterocycles. The van der Waals surface area contributed by atoms with Crippen LogP contribution in [0.4, 0.5) is 0 Å². The van der Waals surface area contributed by atoms with Crippen molar-refractivity contribution in [1.29, 1.82) is 0 Å². The molecule has 0 unspecified atom stereocenters. The van der Waals surface area contributed by atoms with E-state index >= 15 is 0 Å². The number of carbonyl (C=O) groups excluding carboxylic acids is 1. The fraction of sp³-hybridized carbons (Fsp3) is 0.500. The average molecular weight is 302 g/mol. The topological polar surface area (TPSA) is 59.4 Å². The average Bonchev–Trinajstić information content (AvgIpc) is 2.99. The number of fused-ring (bicyclic) bond motifs is 1. The molecule has 0 spiro atoms. The fourth-order valence-corrected chi connectivity index (χ4v) is 3.13. The van der Waals surface area contributed by atoms with Crippen LogP contribution in [0.1, 0.15) is 5.82 Å². The Morgan fingerprint density at radius 1 is 1.41 bits per heavy atom. The van der Waals surface area contributed by atoms with Crippen LogP contribution < -0.4 is 5.32 Å². The molecule has 2 aromatic rings. The van der Waals surface area contributed by atoms with Crippen LogP contribution >= 0.6 is 0 Å². The van der Waals surface area contributed by atoms with Crippen molar-refractivity contribution in [3.63, 3.8) is 0 Å². The molecule has 6 heteroatoms. The van der Waals surface area contributed by atoms with Gasteiger partial charge in [0.15, 0.2) is 0 Å². The highest BCUT2D eigenvalue weighted by molar-refractivity contribution is 5.81. The molecule has 3 rings (SSSR count). The van der Waals surface area contributed by atoms with Crippen LogP contribution in [-0.2, 0) is 16.1 Å². The molecular weight excluding hydrogens is 280 g/mol. The number of aryl methyl sites for hydroxylation is 1. The van der Waals surface area contributed by atoms with Gasteiger partial charge in [0.1, 0.15) is 12.4 Å². The minimum Gasteiger partial charge on any atom is -0.378 e. The number of nitrogens with one attached hydrogen (secondary N) is 1. The molecule has 0 aliphatic carbocycles. The predicted molar refractivity (Wildman–Crippen MR) is 84.7 cm³/mol. The molecule has 118 valence electrons. The highest BCUT2D eigenvalue weighted by atomic mass is 16.5. The summed E-state index contributed by atoms with van der Waals surface area (Å²) in [5, 5.41) is 3.09. The Morgan fingerprint density at radius 3 is 2.95 bits per heavy atom. The lowest BCUT2D eigenvalue weighted by Crippen LogP contribution is -2.44. The van der Waals surface area contributed by atoms with E-state index in [1.165, 1.54) is 0 Å². The molecule has 1 aliphatic heterocycles. The Balaban J connectivity index is 1.72. The number of ether oxygens (including phenoxy) is 1. The number of methoxy groups -OCH3 is 1. The Hall–Kier alpha value is -1.92. The van der Waals surface area contributed by atoms with Crippen LogP contribution in [0.3, 0.4) is 0 Å². The van der Waals surface area contributed by atoms with E-state index < -0.39 is 0 Å². The number of likely N-dealkylation sites (N-methyl/N-ethyl adjacent to an activating group) is 1. The third kappa shape index (κ3) is 2.84. The third-order valence-electron chi connectivity index (χ3n) is 4.25. The van der Waals surface area contributed by atoms with Crippen LogP contribution in [0.15, 0.2) is 24.3 Å². The van der Waals surface area contributed by atoms with Crippen LogP contribution in [0.5, 0.6) is 0 Å². The molecule has 1 N–H and O–H groups in total. The summed E-state index contributed by atoms with van der Waals surface area (Å²) in [5.74, 6) is 0.844. The van der Waals surface area contributed by atoms with Crippen molar-refractivity contribution in [2.75, 3.05) is 27.2 Å². The number of hydrogen-bond acceptors (Lipinski definition) is 4. The summed E-state index contributed by atoms with van der Waals surface area (Å²) in [5.41, 5.74) is 1.91. The summed E-state index contributed by atoms with van der Waals surface area (Å²) in [7, 11) is 3.72. The number of carbonyl (C=O) groups is 1. The maximum absolute atomic E-state index is 12.4. The molecular formula is C16H22N4O2. The summed E-state index contributed by atoms with van der Waals surface area (Å²) >= 11 is 0. The van der Waals surface area contributed by atoms with Crippen molar-refractivity contribution >= 4 is 16.9 Å². The van der Waals surface area contributed by atoms with Crippen LogP contribution in [0.2, 0.25) is 0 Å². The van der Waals surface area contributed by atoms with Crippen LogP contribution in [0.25, 0.3) is 11.0 Å². The van der Waals surface area contributed by atoms with Gasteiger partial charge in [-0.05, 0) is 26.1 Å². The fourth-order valence-electron chi connectivity index (χ4n) is 3.13. The first-order valence-electron chi connectivity index (χ1n) is 7.51. The van der Waals surface area contributed by atoms with Gasteiger partial charge < -0.3 is 19.5 Å². The molecule has 1 aliphatic rings. The van der Waals surface area contributed by atoms with Crippen LogP contribution in [-0.4, -0.2) is 59.8 Å². The Morgan fingerprint density at radius 2 is 2.18 bits per heavy atom. The Bertz CT molecular complexity index is 682. The SMILES string of the molecule is CO[C@H]1CN(C)C[C@@H]1NC(=O)Cn1c(C)nc2ccccc21. The molecule has 0 radical (unpaired) electrons. The van der Waals surface area contributed by atoms with Gasteiger partial charge in [0.05, 0.1) is 23.2 Å². The number of hydrogen-bond donors (Lipinski definition) is 1. The highest BCUT2D eigenvalue weighted by Gasteiger charge is 2.31. The maximum atomic E-state index is 12.4. The highest BCUT2D eigenvalue weighted by Crippen LogP contribution is 2.16. The number of likely N-dealkylation sites (tertiary alicyclic amines) is 1. The second kappa shape index (κ2) is 6.06. The lowest BCUT2D eigenvalue weighted by Gasteiger charge is -2.19. The van der Waals surface area contributed by atoms with E-state index in [9.17, 15) is 4.79 Å². The quantitative estimate of drug-likeness (QED) is 0.907. The molecule has 1 fully saturated rings. The van der Waals surface area contributed by atoms with Gasteiger partial charge in [-0.1, -0.05) is 12.1 Å². The van der Waals surface area contributed by atoms with Gasteiger partial charge in [-0.15, -0.1) is 0 Å². The summed E-state index contributed by atoms with van der Waals surface area (Å²) in [4.78, 5) is 19.1. The molecule has 0 saturated carbocycles. The standard InChI is InChI=1S/C16H22N4O2/c1-11-17-12-6-4-5-7-14(12)20(11)10-16(21)18-13-8-19(2)9-15(13)22-3/h4-7,13,15H,8-10H2,1-3H3,(H,18,21)/t13-,15-/m0/s1. The zero-order valence-electron chi connectivity index (χ0n) is 13.2. The lowest BCUT2D eigenvalue weighted by molar-refractivity contribution is -0.123. The number of nitrogens with zero attached hydrogens (tertiary/aromatic N) is 3. The van der Waals surface area contributed by atoms with Gasteiger partial charge in [-0.2, -0.15) is 0 Å². The number of imidazole rings is 1. The van der Waals surface area contributed by atoms with Gasteiger partial charge in [0.25, 0.3) is 0 Å². The molecule has 1 aromatic carbocycles. The summed E-state index contributed by atoms with van der Waals surface area (Å²) in [6.45, 7) is 3.86. The van der Waals surface area contributed by atoms with Crippen LogP contribution in [0, 0.1) is 6.92 Å². The molecule has 1 amide bonds. The van der Waals surface area contributed by atoms with Crippen molar-refractivity contribution in [2.45, 2.75) is 25.6 Å². The molecule has 1 saturated heterocycles. The Kier molecular flexibility index (Phi) is 4.13. The minimum absolute atomic E-state index is 0.00592. The van der Waals surface area contributed by atoms with E-state index in [1.807, 2.05) is 42.8 Å². The number of amides is 1. The smallest absolute Gasteiger partial charge is 0.240 e. The van der Waals surface area contributed by atoms with E-state index in [1.54, 1.807) is 7.11 Å². The number of rotatable bonds is 4. The van der Waals surface area contributed by atoms with Gasteiger partial charge in [-0.25, -0.2) is 4.98 Å². The third-order valence-corrected chi connectivity index (χ3v) is 4.25. The monoisotopic (exact) mass is 302 g/mol. The van der Waals surface area contributed by atoms with Crippen molar-refractivity contribution < 1.29 is 9.53 Å². The predicted octanol–water partition coefficient (Wildman–Crippen LogP) is 0.790. The van der Waals surface area contributed by atoms with E-state index in [4.69, 9.17) is 4.74 Å². The zero-order valence-corrected chi connectivity index (χ0v) is 13.2. The second-order valence-corrected chi connectivity index (χ2v) is 5.90. The largest absolute Gasteiger partial charge is 0.378 e. The molecule has 2 atom stereocenters. The first kappa shape index (κ1) is 15.0. The van der Waals surface area contributed by atoms with E-state index in [2.05, 4.69) is 15.2 Å².